The zero-order chi connectivity index (χ0) is 26.9. The van der Waals surface area contributed by atoms with Crippen molar-refractivity contribution >= 4 is 11.6 Å². The van der Waals surface area contributed by atoms with E-state index < -0.39 is 16.9 Å². The first-order chi connectivity index (χ1) is 18.1. The van der Waals surface area contributed by atoms with E-state index in [0.29, 0.717) is 18.2 Å². The zero-order valence-corrected chi connectivity index (χ0v) is 20.6. The van der Waals surface area contributed by atoms with E-state index in [4.69, 9.17) is 9.47 Å². The maximum absolute atomic E-state index is 12.3. The summed E-state index contributed by atoms with van der Waals surface area (Å²) in [6, 6.07) is 10.0. The number of ether oxygens (including phenoxy) is 3. The van der Waals surface area contributed by atoms with Crippen molar-refractivity contribution in [2.45, 2.75) is 44.7 Å². The zero-order valence-electron chi connectivity index (χ0n) is 20.6. The van der Waals surface area contributed by atoms with Crippen molar-refractivity contribution in [3.05, 3.63) is 64.5 Å². The van der Waals surface area contributed by atoms with Gasteiger partial charge in [-0.25, -0.2) is 4.98 Å². The SMILES string of the molecule is CC1(COc2ccc(N3CCC(Cc4ccc(OC(F)(F)F)cc4)CC3)nc2)Cn2cc([N+](=O)[O-])nc2O1. The van der Waals surface area contributed by atoms with Crippen molar-refractivity contribution in [2.75, 3.05) is 24.6 Å². The fourth-order valence-electron chi connectivity index (χ4n) is 4.76. The molecule has 0 radical (unpaired) electrons. The molecule has 1 atom stereocenters. The highest BCUT2D eigenvalue weighted by Crippen LogP contribution is 2.32. The lowest BCUT2D eigenvalue weighted by Gasteiger charge is -2.33. The number of piperidine rings is 1. The summed E-state index contributed by atoms with van der Waals surface area (Å²) in [6.45, 7) is 4.12. The van der Waals surface area contributed by atoms with E-state index in [9.17, 15) is 23.3 Å². The molecule has 4 heterocycles. The van der Waals surface area contributed by atoms with Gasteiger partial charge in [-0.05, 0) is 66.9 Å². The average molecular weight is 534 g/mol. The molecule has 0 N–H and O–H groups in total. The molecular weight excluding hydrogens is 507 g/mol. The van der Waals surface area contributed by atoms with Crippen LogP contribution in [0.4, 0.5) is 24.8 Å². The molecule has 10 nitrogen and oxygen atoms in total. The van der Waals surface area contributed by atoms with E-state index in [2.05, 4.69) is 19.6 Å². The van der Waals surface area contributed by atoms with Crippen LogP contribution in [0.2, 0.25) is 0 Å². The summed E-state index contributed by atoms with van der Waals surface area (Å²) in [5, 5.41) is 10.9. The van der Waals surface area contributed by atoms with Crippen LogP contribution in [0.5, 0.6) is 17.5 Å². The molecule has 1 fully saturated rings. The van der Waals surface area contributed by atoms with Gasteiger partial charge < -0.3 is 29.2 Å². The van der Waals surface area contributed by atoms with Gasteiger partial charge >= 0.3 is 18.2 Å². The van der Waals surface area contributed by atoms with Gasteiger partial charge in [-0.15, -0.1) is 13.2 Å². The molecule has 0 amide bonds. The Morgan fingerprint density at radius 1 is 1.16 bits per heavy atom. The highest BCUT2D eigenvalue weighted by molar-refractivity contribution is 5.41. The fourth-order valence-corrected chi connectivity index (χ4v) is 4.76. The van der Waals surface area contributed by atoms with E-state index in [0.717, 1.165) is 43.7 Å². The van der Waals surface area contributed by atoms with Crippen molar-refractivity contribution in [2.24, 2.45) is 5.92 Å². The summed E-state index contributed by atoms with van der Waals surface area (Å²) < 4.78 is 54.2. The molecule has 0 saturated carbocycles. The number of pyridine rings is 1. The van der Waals surface area contributed by atoms with Gasteiger partial charge in [0.1, 0.15) is 30.1 Å². The molecule has 1 unspecified atom stereocenters. The number of alkyl halides is 3. The number of nitrogens with zero attached hydrogens (tertiary/aromatic N) is 5. The van der Waals surface area contributed by atoms with Gasteiger partial charge in [0.15, 0.2) is 5.60 Å². The number of nitro groups is 1. The molecule has 2 aliphatic rings. The number of halogens is 3. The first-order valence-corrected chi connectivity index (χ1v) is 12.1. The monoisotopic (exact) mass is 533 g/mol. The molecular formula is C25H26F3N5O5. The molecule has 3 aromatic rings. The van der Waals surface area contributed by atoms with Crippen LogP contribution in [0.3, 0.4) is 0 Å². The Morgan fingerprint density at radius 3 is 2.47 bits per heavy atom. The van der Waals surface area contributed by atoms with Crippen LogP contribution < -0.4 is 19.1 Å². The van der Waals surface area contributed by atoms with Crippen molar-refractivity contribution in [1.82, 2.24) is 14.5 Å². The topological polar surface area (TPSA) is 105 Å². The number of imidazole rings is 1. The molecule has 2 aliphatic heterocycles. The van der Waals surface area contributed by atoms with E-state index in [1.165, 1.54) is 18.3 Å². The lowest BCUT2D eigenvalue weighted by Crippen LogP contribution is -2.38. The molecule has 5 rings (SSSR count). The first-order valence-electron chi connectivity index (χ1n) is 12.1. The van der Waals surface area contributed by atoms with Gasteiger partial charge in [0.05, 0.1) is 12.7 Å². The molecule has 0 bridgehead atoms. The van der Waals surface area contributed by atoms with E-state index >= 15 is 0 Å². The normalized spacial score (nSPS) is 19.6. The predicted molar refractivity (Wildman–Crippen MR) is 129 cm³/mol. The van der Waals surface area contributed by atoms with Crippen molar-refractivity contribution in [1.29, 1.82) is 0 Å². The van der Waals surface area contributed by atoms with Crippen LogP contribution in [-0.2, 0) is 13.0 Å². The number of aromatic nitrogens is 3. The van der Waals surface area contributed by atoms with E-state index in [-0.39, 0.29) is 24.2 Å². The lowest BCUT2D eigenvalue weighted by atomic mass is 9.90. The number of anilines is 1. The second-order valence-electron chi connectivity index (χ2n) is 9.79. The van der Waals surface area contributed by atoms with Gasteiger partial charge in [-0.2, -0.15) is 0 Å². The third-order valence-corrected chi connectivity index (χ3v) is 6.64. The Bertz CT molecular complexity index is 1250. The largest absolute Gasteiger partial charge is 0.573 e. The third-order valence-electron chi connectivity index (χ3n) is 6.64. The summed E-state index contributed by atoms with van der Waals surface area (Å²) in [5.41, 5.74) is 0.281. The van der Waals surface area contributed by atoms with E-state index in [1.807, 2.05) is 19.1 Å². The van der Waals surface area contributed by atoms with Gasteiger partial charge in [0.2, 0.25) is 0 Å². The second-order valence-corrected chi connectivity index (χ2v) is 9.79. The minimum Gasteiger partial charge on any atom is -0.488 e. The third kappa shape index (κ3) is 6.09. The summed E-state index contributed by atoms with van der Waals surface area (Å²) in [4.78, 5) is 20.9. The minimum atomic E-state index is -4.69. The van der Waals surface area contributed by atoms with Gasteiger partial charge in [0.25, 0.3) is 0 Å². The van der Waals surface area contributed by atoms with Crippen molar-refractivity contribution < 1.29 is 32.3 Å². The predicted octanol–water partition coefficient (Wildman–Crippen LogP) is 4.77. The highest BCUT2D eigenvalue weighted by atomic mass is 19.4. The van der Waals surface area contributed by atoms with Crippen LogP contribution in [0, 0.1) is 16.0 Å². The number of rotatable bonds is 8. The molecule has 0 aliphatic carbocycles. The number of hydrogen-bond acceptors (Lipinski definition) is 8. The van der Waals surface area contributed by atoms with Gasteiger partial charge in [-0.3, -0.25) is 4.57 Å². The van der Waals surface area contributed by atoms with E-state index in [1.54, 1.807) is 22.9 Å². The summed E-state index contributed by atoms with van der Waals surface area (Å²) in [5.74, 6) is 1.41. The Balaban J connectivity index is 1.07. The Morgan fingerprint density at radius 2 is 1.87 bits per heavy atom. The van der Waals surface area contributed by atoms with Crippen LogP contribution in [0.15, 0.2) is 48.8 Å². The van der Waals surface area contributed by atoms with Crippen molar-refractivity contribution in [3.8, 4) is 17.5 Å². The minimum absolute atomic E-state index is 0.201. The Kier molecular flexibility index (Phi) is 6.76. The van der Waals surface area contributed by atoms with Crippen LogP contribution >= 0.6 is 0 Å². The first kappa shape index (κ1) is 25.6. The molecule has 1 saturated heterocycles. The number of benzene rings is 1. The maximum atomic E-state index is 12.3. The molecule has 202 valence electrons. The smallest absolute Gasteiger partial charge is 0.488 e. The van der Waals surface area contributed by atoms with Crippen LogP contribution in [0.1, 0.15) is 25.3 Å². The van der Waals surface area contributed by atoms with Crippen LogP contribution in [-0.4, -0.2) is 51.1 Å². The maximum Gasteiger partial charge on any atom is 0.573 e. The summed E-state index contributed by atoms with van der Waals surface area (Å²) >= 11 is 0. The summed E-state index contributed by atoms with van der Waals surface area (Å²) in [7, 11) is 0. The molecule has 13 heteroatoms. The van der Waals surface area contributed by atoms with Gasteiger partial charge in [-0.1, -0.05) is 12.1 Å². The lowest BCUT2D eigenvalue weighted by molar-refractivity contribution is -0.389. The number of hydrogen-bond donors (Lipinski definition) is 0. The Labute approximate surface area is 216 Å². The van der Waals surface area contributed by atoms with Gasteiger partial charge in [0, 0.05) is 18.1 Å². The quantitative estimate of drug-likeness (QED) is 0.301. The molecule has 2 aromatic heterocycles. The summed E-state index contributed by atoms with van der Waals surface area (Å²) in [6.07, 6.45) is 1.02. The molecule has 1 aromatic carbocycles. The fraction of sp³-hybridized carbons (Fsp3) is 0.440. The van der Waals surface area contributed by atoms with Crippen molar-refractivity contribution in [3.63, 3.8) is 0 Å². The second kappa shape index (κ2) is 10.0. The average Bonchev–Trinajstić information content (AvgIpc) is 3.40. The van der Waals surface area contributed by atoms with Crippen LogP contribution in [0.25, 0.3) is 0 Å². The molecule has 38 heavy (non-hydrogen) atoms. The number of fused-ring (bicyclic) bond motifs is 1. The Hall–Kier alpha value is -4.03. The molecule has 0 spiro atoms. The standard InChI is InChI=1S/C25H26F3N5O5/c1-24(15-32-14-22(33(34)35)30-23(32)38-24)16-36-20-6-7-21(29-13-20)31-10-8-18(9-11-31)12-17-2-4-19(5-3-17)37-25(26,27)28/h2-7,13-14,18H,8-12,15-16H2,1H3. The highest BCUT2D eigenvalue weighted by Gasteiger charge is 2.41.